The van der Waals surface area contributed by atoms with Crippen molar-refractivity contribution in [3.05, 3.63) is 0 Å². The fourth-order valence-electron chi connectivity index (χ4n) is 1.28. The van der Waals surface area contributed by atoms with Crippen molar-refractivity contribution in [3.8, 4) is 0 Å². The van der Waals surface area contributed by atoms with Gasteiger partial charge in [0.1, 0.15) is 5.92 Å². The second kappa shape index (κ2) is 2.79. The van der Waals surface area contributed by atoms with E-state index in [1.165, 1.54) is 0 Å². The fourth-order valence-corrected chi connectivity index (χ4v) is 1.28. The number of esters is 1. The molecule has 2 heterocycles. The number of hydrogen-bond acceptors (Lipinski definition) is 4. The summed E-state index contributed by atoms with van der Waals surface area (Å²) < 4.78 is 4.92. The SMILES string of the molecule is O=C1OCCCCC1C1OO1. The summed E-state index contributed by atoms with van der Waals surface area (Å²) in [6.45, 7) is 0.544. The van der Waals surface area contributed by atoms with E-state index in [0.29, 0.717) is 6.61 Å². The zero-order valence-corrected chi connectivity index (χ0v) is 6.12. The lowest BCUT2D eigenvalue weighted by Gasteiger charge is -2.04. The van der Waals surface area contributed by atoms with Crippen molar-refractivity contribution in [1.82, 2.24) is 0 Å². The van der Waals surface area contributed by atoms with E-state index in [1.54, 1.807) is 0 Å². The van der Waals surface area contributed by atoms with Gasteiger partial charge in [0.05, 0.1) is 6.61 Å². The van der Waals surface area contributed by atoms with Crippen LogP contribution in [0.3, 0.4) is 0 Å². The maximum atomic E-state index is 11.1. The van der Waals surface area contributed by atoms with Crippen LogP contribution in [0, 0.1) is 5.92 Å². The molecule has 0 bridgehead atoms. The molecule has 0 amide bonds. The van der Waals surface area contributed by atoms with Crippen LogP contribution in [0.1, 0.15) is 19.3 Å². The van der Waals surface area contributed by atoms with Crippen LogP contribution < -0.4 is 0 Å². The highest BCUT2D eigenvalue weighted by Gasteiger charge is 2.42. The molecule has 1 atom stereocenters. The monoisotopic (exact) mass is 158 g/mol. The van der Waals surface area contributed by atoms with Crippen molar-refractivity contribution in [2.24, 2.45) is 5.92 Å². The van der Waals surface area contributed by atoms with Crippen LogP contribution in [-0.2, 0) is 19.3 Å². The number of hydrogen-bond donors (Lipinski definition) is 0. The van der Waals surface area contributed by atoms with Gasteiger partial charge >= 0.3 is 5.97 Å². The van der Waals surface area contributed by atoms with E-state index < -0.39 is 0 Å². The molecular weight excluding hydrogens is 148 g/mol. The highest BCUT2D eigenvalue weighted by molar-refractivity contribution is 5.73. The molecular formula is C7H10O4. The Morgan fingerprint density at radius 1 is 1.27 bits per heavy atom. The summed E-state index contributed by atoms with van der Waals surface area (Å²) in [5, 5.41) is 0. The Balaban J connectivity index is 1.97. The molecule has 2 saturated heterocycles. The van der Waals surface area contributed by atoms with Crippen LogP contribution in [-0.4, -0.2) is 18.9 Å². The number of carbonyl (C=O) groups is 1. The Labute approximate surface area is 64.3 Å². The second-order valence-electron chi connectivity index (χ2n) is 2.83. The van der Waals surface area contributed by atoms with E-state index in [-0.39, 0.29) is 18.2 Å². The number of cyclic esters (lactones) is 1. The molecule has 0 aromatic carbocycles. The lowest BCUT2D eigenvalue weighted by molar-refractivity contribution is -0.148. The quantitative estimate of drug-likeness (QED) is 0.319. The van der Waals surface area contributed by atoms with E-state index in [4.69, 9.17) is 4.74 Å². The average Bonchev–Trinajstić information content (AvgIpc) is 2.74. The Hall–Kier alpha value is -0.610. The van der Waals surface area contributed by atoms with E-state index in [0.717, 1.165) is 19.3 Å². The van der Waals surface area contributed by atoms with Crippen molar-refractivity contribution in [1.29, 1.82) is 0 Å². The largest absolute Gasteiger partial charge is 0.465 e. The van der Waals surface area contributed by atoms with Crippen molar-refractivity contribution in [2.45, 2.75) is 25.6 Å². The fraction of sp³-hybridized carbons (Fsp3) is 0.857. The van der Waals surface area contributed by atoms with Crippen molar-refractivity contribution >= 4 is 5.97 Å². The molecule has 0 saturated carbocycles. The van der Waals surface area contributed by atoms with Gasteiger partial charge in [0.25, 0.3) is 0 Å². The van der Waals surface area contributed by atoms with Crippen LogP contribution in [0.5, 0.6) is 0 Å². The molecule has 0 aromatic rings. The molecule has 0 spiro atoms. The zero-order chi connectivity index (χ0) is 7.68. The van der Waals surface area contributed by atoms with E-state index >= 15 is 0 Å². The van der Waals surface area contributed by atoms with Gasteiger partial charge in [0.15, 0.2) is 0 Å². The van der Waals surface area contributed by atoms with Crippen molar-refractivity contribution in [3.63, 3.8) is 0 Å². The molecule has 4 heteroatoms. The maximum absolute atomic E-state index is 11.1. The Morgan fingerprint density at radius 2 is 2.09 bits per heavy atom. The van der Waals surface area contributed by atoms with Crippen LogP contribution in [0.4, 0.5) is 0 Å². The summed E-state index contributed by atoms with van der Waals surface area (Å²) in [7, 11) is 0. The number of ether oxygens (including phenoxy) is 1. The first-order valence-corrected chi connectivity index (χ1v) is 3.87. The smallest absolute Gasteiger partial charge is 0.314 e. The van der Waals surface area contributed by atoms with Crippen LogP contribution in [0.15, 0.2) is 0 Å². The third-order valence-electron chi connectivity index (χ3n) is 1.99. The minimum atomic E-state index is -0.319. The topological polar surface area (TPSA) is 51.4 Å². The van der Waals surface area contributed by atoms with Crippen molar-refractivity contribution < 1.29 is 19.3 Å². The molecule has 0 N–H and O–H groups in total. The lowest BCUT2D eigenvalue weighted by Crippen LogP contribution is -2.20. The molecule has 2 fully saturated rings. The normalized spacial score (nSPS) is 32.7. The van der Waals surface area contributed by atoms with Crippen LogP contribution in [0.25, 0.3) is 0 Å². The van der Waals surface area contributed by atoms with E-state index in [1.807, 2.05) is 0 Å². The van der Waals surface area contributed by atoms with E-state index in [9.17, 15) is 4.79 Å². The maximum Gasteiger partial charge on any atom is 0.314 e. The standard InChI is InChI=1S/C7H10O4/c8-6-5(7-10-11-7)3-1-2-4-9-6/h5,7H,1-4H2. The first-order valence-electron chi connectivity index (χ1n) is 3.87. The van der Waals surface area contributed by atoms with Gasteiger partial charge in [-0.15, -0.1) is 0 Å². The molecule has 11 heavy (non-hydrogen) atoms. The summed E-state index contributed by atoms with van der Waals surface area (Å²) in [6, 6.07) is 0. The summed E-state index contributed by atoms with van der Waals surface area (Å²) in [6.07, 6.45) is 2.47. The summed E-state index contributed by atoms with van der Waals surface area (Å²) in [4.78, 5) is 20.3. The molecule has 0 radical (unpaired) electrons. The minimum absolute atomic E-state index is 0.176. The lowest BCUT2D eigenvalue weighted by atomic mass is 10.0. The summed E-state index contributed by atoms with van der Waals surface area (Å²) in [5.74, 6) is -0.359. The van der Waals surface area contributed by atoms with Gasteiger partial charge in [-0.1, -0.05) is 0 Å². The first kappa shape index (κ1) is 7.06. The molecule has 2 rings (SSSR count). The second-order valence-corrected chi connectivity index (χ2v) is 2.83. The minimum Gasteiger partial charge on any atom is -0.465 e. The molecule has 2 aliphatic rings. The molecule has 1 unspecified atom stereocenters. The van der Waals surface area contributed by atoms with Gasteiger partial charge in [-0.2, -0.15) is 9.78 Å². The van der Waals surface area contributed by atoms with Gasteiger partial charge in [-0.3, -0.25) is 4.79 Å². The van der Waals surface area contributed by atoms with Crippen LogP contribution in [0.2, 0.25) is 0 Å². The Morgan fingerprint density at radius 3 is 2.82 bits per heavy atom. The van der Waals surface area contributed by atoms with Crippen LogP contribution >= 0.6 is 0 Å². The van der Waals surface area contributed by atoms with Gasteiger partial charge in [0, 0.05) is 0 Å². The van der Waals surface area contributed by atoms with Gasteiger partial charge < -0.3 is 4.74 Å². The van der Waals surface area contributed by atoms with Gasteiger partial charge in [-0.05, 0) is 19.3 Å². The Kier molecular flexibility index (Phi) is 1.79. The van der Waals surface area contributed by atoms with E-state index in [2.05, 4.69) is 9.78 Å². The predicted molar refractivity (Wildman–Crippen MR) is 34.3 cm³/mol. The zero-order valence-electron chi connectivity index (χ0n) is 6.12. The molecule has 0 aromatic heterocycles. The third kappa shape index (κ3) is 1.52. The molecule has 0 aliphatic carbocycles. The third-order valence-corrected chi connectivity index (χ3v) is 1.99. The van der Waals surface area contributed by atoms with Gasteiger partial charge in [-0.25, -0.2) is 0 Å². The summed E-state index contributed by atoms with van der Waals surface area (Å²) in [5.41, 5.74) is 0. The van der Waals surface area contributed by atoms with Gasteiger partial charge in [0.2, 0.25) is 6.29 Å². The average molecular weight is 158 g/mol. The molecule has 62 valence electrons. The highest BCUT2D eigenvalue weighted by atomic mass is 17.4. The van der Waals surface area contributed by atoms with Crippen molar-refractivity contribution in [2.75, 3.05) is 6.61 Å². The first-order chi connectivity index (χ1) is 5.38. The highest BCUT2D eigenvalue weighted by Crippen LogP contribution is 2.29. The molecule has 4 nitrogen and oxygen atoms in total. The Bertz CT molecular complexity index is 164. The number of rotatable bonds is 1. The molecule has 2 aliphatic heterocycles. The predicted octanol–water partition coefficient (Wildman–Crippen LogP) is 0.618. The number of carbonyl (C=O) groups excluding carboxylic acids is 1. The summed E-state index contributed by atoms with van der Waals surface area (Å²) >= 11 is 0.